The van der Waals surface area contributed by atoms with Gasteiger partial charge in [-0.05, 0) is 84.2 Å². The topological polar surface area (TPSA) is 46.4 Å². The Morgan fingerprint density at radius 2 is 1.79 bits per heavy atom. The molecule has 0 saturated heterocycles. The molecule has 0 saturated carbocycles. The number of nitrogens with zero attached hydrogens (tertiary/aromatic N) is 2. The van der Waals surface area contributed by atoms with E-state index in [2.05, 4.69) is 49.0 Å². The molecule has 1 aliphatic rings. The van der Waals surface area contributed by atoms with E-state index in [0.717, 1.165) is 51.9 Å². The Kier molecular flexibility index (Phi) is 8.45. The maximum absolute atomic E-state index is 13.8. The predicted molar refractivity (Wildman–Crippen MR) is 183 cm³/mol. The van der Waals surface area contributed by atoms with Crippen molar-refractivity contribution in [2.45, 2.75) is 46.6 Å². The number of hydrogen-bond acceptors (Lipinski definition) is 3. The zero-order chi connectivity index (χ0) is 30.3. The number of aromatic nitrogens is 1. The second kappa shape index (κ2) is 12.1. The van der Waals surface area contributed by atoms with E-state index in [4.69, 9.17) is 39.8 Å². The molecule has 1 aliphatic carbocycles. The Hall–Kier alpha value is -3.09. The van der Waals surface area contributed by atoms with Crippen LogP contribution in [0.15, 0.2) is 77.9 Å². The van der Waals surface area contributed by atoms with Crippen molar-refractivity contribution >= 4 is 79.9 Å². The van der Waals surface area contributed by atoms with Gasteiger partial charge in [-0.25, -0.2) is 4.99 Å². The number of rotatable bonds is 6. The zero-order valence-electron chi connectivity index (χ0n) is 24.3. The van der Waals surface area contributed by atoms with Crippen LogP contribution in [0.5, 0.6) is 0 Å². The zero-order valence-corrected chi connectivity index (χ0v) is 27.3. The first kappa shape index (κ1) is 30.0. The number of thiophene rings is 1. The summed E-state index contributed by atoms with van der Waals surface area (Å²) in [5.74, 6) is 0.418. The van der Waals surface area contributed by atoms with Gasteiger partial charge < -0.3 is 9.88 Å². The van der Waals surface area contributed by atoms with Crippen LogP contribution in [-0.2, 0) is 19.4 Å². The number of halogens is 3. The van der Waals surface area contributed by atoms with Crippen molar-refractivity contribution in [3.8, 4) is 0 Å². The summed E-state index contributed by atoms with van der Waals surface area (Å²) in [6.07, 6.45) is 6.86. The van der Waals surface area contributed by atoms with Crippen molar-refractivity contribution in [1.29, 1.82) is 0 Å². The lowest BCUT2D eigenvalue weighted by Gasteiger charge is -2.33. The van der Waals surface area contributed by atoms with Gasteiger partial charge in [0.05, 0.1) is 5.56 Å². The number of carbonyl (C=O) groups excluding carboxylic acids is 1. The van der Waals surface area contributed by atoms with Crippen LogP contribution in [0, 0.1) is 11.3 Å². The van der Waals surface area contributed by atoms with E-state index < -0.39 is 0 Å². The second-order valence-corrected chi connectivity index (χ2v) is 14.5. The molecule has 220 valence electrons. The van der Waals surface area contributed by atoms with Crippen LogP contribution >= 0.6 is 46.1 Å². The number of amides is 1. The third-order valence-corrected chi connectivity index (χ3v) is 10.3. The molecule has 4 nitrogen and oxygen atoms in total. The molecule has 0 bridgehead atoms. The average molecular weight is 649 g/mol. The highest BCUT2D eigenvalue weighted by Gasteiger charge is 2.33. The summed E-state index contributed by atoms with van der Waals surface area (Å²) in [7, 11) is 0. The van der Waals surface area contributed by atoms with Gasteiger partial charge in [0.15, 0.2) is 0 Å². The molecule has 1 amide bonds. The van der Waals surface area contributed by atoms with Crippen LogP contribution in [-0.4, -0.2) is 16.7 Å². The highest BCUT2D eigenvalue weighted by molar-refractivity contribution is 7.16. The number of nitrogens with one attached hydrogen (secondary N) is 1. The summed E-state index contributed by atoms with van der Waals surface area (Å²) in [5, 5.41) is 6.78. The molecular formula is C35H32Cl3N3OS. The van der Waals surface area contributed by atoms with Gasteiger partial charge in [-0.1, -0.05) is 79.8 Å². The number of carbonyl (C=O) groups is 1. The molecule has 0 radical (unpaired) electrons. The van der Waals surface area contributed by atoms with E-state index in [-0.39, 0.29) is 11.3 Å². The minimum atomic E-state index is -0.138. The van der Waals surface area contributed by atoms with Gasteiger partial charge in [-0.15, -0.1) is 11.3 Å². The van der Waals surface area contributed by atoms with E-state index in [0.29, 0.717) is 38.8 Å². The molecule has 0 fully saturated rings. The van der Waals surface area contributed by atoms with Crippen LogP contribution < -0.4 is 5.32 Å². The molecule has 8 heteroatoms. The molecule has 2 heterocycles. The number of benzene rings is 3. The van der Waals surface area contributed by atoms with Crippen LogP contribution in [0.1, 0.15) is 59.1 Å². The van der Waals surface area contributed by atoms with E-state index in [1.54, 1.807) is 29.5 Å². The normalized spacial score (nSPS) is 15.3. The molecule has 2 aromatic heterocycles. The lowest BCUT2D eigenvalue weighted by molar-refractivity contribution is 0.102. The van der Waals surface area contributed by atoms with E-state index in [9.17, 15) is 4.79 Å². The molecule has 3 aromatic carbocycles. The highest BCUT2D eigenvalue weighted by Crippen LogP contribution is 2.45. The smallest absolute Gasteiger partial charge is 0.259 e. The summed E-state index contributed by atoms with van der Waals surface area (Å²) >= 11 is 20.4. The average Bonchev–Trinajstić information content (AvgIpc) is 3.51. The second-order valence-electron chi connectivity index (χ2n) is 12.2. The van der Waals surface area contributed by atoms with Gasteiger partial charge in [-0.2, -0.15) is 0 Å². The van der Waals surface area contributed by atoms with Crippen molar-refractivity contribution < 1.29 is 4.79 Å². The summed E-state index contributed by atoms with van der Waals surface area (Å²) in [6, 6.07) is 21.0. The van der Waals surface area contributed by atoms with Gasteiger partial charge in [0.25, 0.3) is 5.91 Å². The van der Waals surface area contributed by atoms with Gasteiger partial charge in [0.2, 0.25) is 0 Å². The minimum absolute atomic E-state index is 0.138. The first-order chi connectivity index (χ1) is 20.6. The van der Waals surface area contributed by atoms with E-state index in [1.165, 1.54) is 4.88 Å². The number of para-hydroxylation sites is 1. The van der Waals surface area contributed by atoms with Gasteiger partial charge >= 0.3 is 0 Å². The van der Waals surface area contributed by atoms with Crippen molar-refractivity contribution in [1.82, 2.24) is 4.57 Å². The fourth-order valence-electron chi connectivity index (χ4n) is 5.83. The largest absolute Gasteiger partial charge is 0.342 e. The van der Waals surface area contributed by atoms with E-state index in [1.807, 2.05) is 42.6 Å². The van der Waals surface area contributed by atoms with Crippen LogP contribution in [0.3, 0.4) is 0 Å². The van der Waals surface area contributed by atoms with E-state index >= 15 is 0 Å². The van der Waals surface area contributed by atoms with Crippen LogP contribution in [0.2, 0.25) is 15.1 Å². The molecule has 6 rings (SSSR count). The van der Waals surface area contributed by atoms with Gasteiger partial charge in [0.1, 0.15) is 5.00 Å². The SMILES string of the molecule is CC(C)(C)[C@H]1CCc2c(sc(N=Cc3cn(Cc4ccc(Cl)cc4Cl)c4ccccc34)c2C(=O)Nc2ccc(Cl)cc2)C1. The summed E-state index contributed by atoms with van der Waals surface area (Å²) in [5.41, 5.74) is 5.75. The Bertz CT molecular complexity index is 1850. The quantitative estimate of drug-likeness (QED) is 0.183. The lowest BCUT2D eigenvalue weighted by atomic mass is 9.72. The third-order valence-electron chi connectivity index (χ3n) is 8.30. The molecule has 0 aliphatic heterocycles. The fourth-order valence-corrected chi connectivity index (χ4v) is 7.70. The van der Waals surface area contributed by atoms with Gasteiger partial charge in [0, 0.05) is 61.1 Å². The first-order valence-electron chi connectivity index (χ1n) is 14.3. The Balaban J connectivity index is 1.38. The number of hydrogen-bond donors (Lipinski definition) is 1. The number of anilines is 1. The standard InChI is InChI=1S/C35H32Cl3N3OS/c1-35(2,3)23-9-15-28-31(16-23)43-34(32(28)33(42)40-26-13-11-24(36)12-14-26)39-18-22-20-41(30-7-5-4-6-27(22)30)19-21-8-10-25(37)17-29(21)38/h4-8,10-14,17-18,20,23H,9,15-16,19H2,1-3H3,(H,40,42)/t23-/m0/s1. The summed E-state index contributed by atoms with van der Waals surface area (Å²) in [4.78, 5) is 20.0. The molecule has 5 aromatic rings. The molecule has 0 spiro atoms. The van der Waals surface area contributed by atoms with Crippen LogP contribution in [0.25, 0.3) is 10.9 Å². The Labute approximate surface area is 271 Å². The fraction of sp³-hybridized carbons (Fsp3) is 0.257. The maximum atomic E-state index is 13.8. The molecular weight excluding hydrogens is 617 g/mol. The van der Waals surface area contributed by atoms with Gasteiger partial charge in [-0.3, -0.25) is 4.79 Å². The lowest BCUT2D eigenvalue weighted by Crippen LogP contribution is -2.27. The third kappa shape index (κ3) is 6.41. The van der Waals surface area contributed by atoms with Crippen molar-refractivity contribution in [3.63, 3.8) is 0 Å². The van der Waals surface area contributed by atoms with Crippen molar-refractivity contribution in [2.75, 3.05) is 5.32 Å². The maximum Gasteiger partial charge on any atom is 0.259 e. The highest BCUT2D eigenvalue weighted by atomic mass is 35.5. The predicted octanol–water partition coefficient (Wildman–Crippen LogP) is 10.9. The summed E-state index contributed by atoms with van der Waals surface area (Å²) in [6.45, 7) is 7.50. The van der Waals surface area contributed by atoms with Crippen molar-refractivity contribution in [3.05, 3.63) is 115 Å². The Morgan fingerprint density at radius 1 is 1.05 bits per heavy atom. The number of aliphatic imine (C=N–C) groups is 1. The molecule has 43 heavy (non-hydrogen) atoms. The molecule has 1 N–H and O–H groups in total. The summed E-state index contributed by atoms with van der Waals surface area (Å²) < 4.78 is 2.17. The minimum Gasteiger partial charge on any atom is -0.342 e. The first-order valence-corrected chi connectivity index (χ1v) is 16.3. The molecule has 1 atom stereocenters. The monoisotopic (exact) mass is 647 g/mol. The van der Waals surface area contributed by atoms with Crippen molar-refractivity contribution in [2.24, 2.45) is 16.3 Å². The molecule has 0 unspecified atom stereocenters. The van der Waals surface area contributed by atoms with Crippen LogP contribution in [0.4, 0.5) is 10.7 Å². The number of fused-ring (bicyclic) bond motifs is 2. The Morgan fingerprint density at radius 3 is 2.53 bits per heavy atom.